The molecular weight excluding hydrogens is 836 g/mol. The van der Waals surface area contributed by atoms with Gasteiger partial charge >= 0.3 is 0 Å². The van der Waals surface area contributed by atoms with Crippen LogP contribution < -0.4 is 89.2 Å². The maximum absolute atomic E-state index is 9.49. The van der Waals surface area contributed by atoms with Gasteiger partial charge in [0, 0.05) is 61.5 Å². The highest BCUT2D eigenvalue weighted by atomic mass is 79.9. The minimum atomic E-state index is 0. The Balaban J connectivity index is -0.000000451. The first-order valence-electron chi connectivity index (χ1n) is 13.9. The first-order chi connectivity index (χ1) is 17.8. The summed E-state index contributed by atoms with van der Waals surface area (Å²) in [4.78, 5) is 4.75. The molecule has 1 aliphatic heterocycles. The highest BCUT2D eigenvalue weighted by Gasteiger charge is 2.09. The van der Waals surface area contributed by atoms with E-state index in [1.54, 1.807) is 0 Å². The van der Waals surface area contributed by atoms with Crippen LogP contribution in [0.4, 0.5) is 0 Å². The fourth-order valence-corrected chi connectivity index (χ4v) is 4.89. The van der Waals surface area contributed by atoms with Gasteiger partial charge in [-0.25, -0.2) is 0 Å². The SMILES string of the molecule is O.O.O.O.OCCN1CC[NH2+]Cc2cccc(c2)C[NH2+]CCN(CCO)CC[NH2+]Cc2cccc(c2)C[NH2+]CC1.[Br-].[Br-].[Br-].[Br-]. The lowest BCUT2D eigenvalue weighted by Gasteiger charge is -2.20. The smallest absolute Gasteiger partial charge is 0.101 e. The van der Waals surface area contributed by atoms with E-state index in [0.717, 1.165) is 91.6 Å². The Kier molecular flexibility index (Phi) is 45.7. The molecule has 0 aliphatic carbocycles. The summed E-state index contributed by atoms with van der Waals surface area (Å²) in [5, 5.41) is 28.5. The zero-order valence-corrected chi connectivity index (χ0v) is 31.9. The van der Waals surface area contributed by atoms with Crippen molar-refractivity contribution in [3.05, 3.63) is 70.8 Å². The van der Waals surface area contributed by atoms with Gasteiger partial charge in [-0.05, 0) is 12.1 Å². The lowest BCUT2D eigenvalue weighted by Crippen LogP contribution is -3.00. The lowest BCUT2D eigenvalue weighted by molar-refractivity contribution is -0.675. The second-order valence-electron chi connectivity index (χ2n) is 9.90. The number of fused-ring (bicyclic) bond motifs is 4. The fourth-order valence-electron chi connectivity index (χ4n) is 4.89. The highest BCUT2D eigenvalue weighted by Crippen LogP contribution is 2.03. The predicted octanol–water partition coefficient (Wildman–Crippen LogP) is -19.0. The van der Waals surface area contributed by atoms with Crippen LogP contribution in [-0.4, -0.2) is 121 Å². The monoisotopic (exact) mass is 890 g/mol. The molecule has 264 valence electrons. The number of nitrogens with two attached hydrogens (primary N) is 4. The minimum absolute atomic E-state index is 0. The van der Waals surface area contributed by atoms with E-state index in [4.69, 9.17) is 0 Å². The van der Waals surface area contributed by atoms with E-state index in [2.05, 4.69) is 79.6 Å². The first kappa shape index (κ1) is 56.2. The van der Waals surface area contributed by atoms with E-state index in [1.165, 1.54) is 22.3 Å². The molecule has 0 aromatic heterocycles. The number of rotatable bonds is 4. The number of nitrogens with zero attached hydrogens (tertiary/aromatic N) is 2. The third-order valence-electron chi connectivity index (χ3n) is 6.93. The van der Waals surface area contributed by atoms with Crippen LogP contribution >= 0.6 is 0 Å². The first-order valence-corrected chi connectivity index (χ1v) is 13.9. The summed E-state index contributed by atoms with van der Waals surface area (Å²) < 4.78 is 0. The van der Waals surface area contributed by atoms with Crippen LogP contribution in [0.2, 0.25) is 0 Å². The molecule has 0 amide bonds. The topological polar surface area (TPSA) is 239 Å². The Labute approximate surface area is 305 Å². The third-order valence-corrected chi connectivity index (χ3v) is 6.93. The molecule has 0 unspecified atom stereocenters. The van der Waals surface area contributed by atoms with Crippen LogP contribution in [0.5, 0.6) is 0 Å². The normalized spacial score (nSPS) is 15.5. The average Bonchev–Trinajstić information content (AvgIpc) is 2.89. The van der Waals surface area contributed by atoms with Crippen LogP contribution in [0.3, 0.4) is 0 Å². The maximum Gasteiger partial charge on any atom is 0.101 e. The summed E-state index contributed by atoms with van der Waals surface area (Å²) in [6, 6.07) is 17.9. The maximum atomic E-state index is 9.49. The van der Waals surface area contributed by atoms with Gasteiger partial charge in [-0.3, -0.25) is 9.80 Å². The van der Waals surface area contributed by atoms with Gasteiger partial charge in [-0.15, -0.1) is 0 Å². The predicted molar refractivity (Wildman–Crippen MR) is 156 cm³/mol. The molecule has 0 saturated heterocycles. The molecule has 0 atom stereocenters. The van der Waals surface area contributed by atoms with Crippen molar-refractivity contribution in [3.63, 3.8) is 0 Å². The molecule has 0 fully saturated rings. The summed E-state index contributed by atoms with van der Waals surface area (Å²) in [7, 11) is 0. The fraction of sp³-hybridized carbons (Fsp3) is 0.571. The van der Waals surface area contributed by atoms with Crippen molar-refractivity contribution in [1.29, 1.82) is 0 Å². The molecule has 0 saturated carbocycles. The Morgan fingerprint density at radius 1 is 0.477 bits per heavy atom. The van der Waals surface area contributed by atoms with Gasteiger partial charge in [0.25, 0.3) is 0 Å². The molecule has 4 bridgehead atoms. The number of benzene rings is 2. The van der Waals surface area contributed by atoms with Crippen LogP contribution in [0, 0.1) is 0 Å². The van der Waals surface area contributed by atoms with E-state index in [9.17, 15) is 10.2 Å². The summed E-state index contributed by atoms with van der Waals surface area (Å²) in [5.74, 6) is 0. The van der Waals surface area contributed by atoms with Gasteiger partial charge in [-0.1, -0.05) is 36.4 Å². The van der Waals surface area contributed by atoms with Gasteiger partial charge in [0.1, 0.15) is 26.2 Å². The number of halogens is 4. The minimum Gasteiger partial charge on any atom is -1.00 e. The molecule has 1 heterocycles. The molecule has 16 heteroatoms. The molecule has 3 rings (SSSR count). The van der Waals surface area contributed by atoms with Crippen molar-refractivity contribution in [2.45, 2.75) is 26.2 Å². The van der Waals surface area contributed by atoms with Crippen molar-refractivity contribution in [2.75, 3.05) is 78.7 Å². The quantitative estimate of drug-likeness (QED) is 0.175. The molecule has 12 nitrogen and oxygen atoms in total. The number of β-amino-alcohol motifs (C(OH)–C–C–N with tert-alkyl or cyclic N) is 2. The van der Waals surface area contributed by atoms with Crippen molar-refractivity contribution < 1.29 is 121 Å². The summed E-state index contributed by atoms with van der Waals surface area (Å²) >= 11 is 0. The number of hydrogen-bond donors (Lipinski definition) is 6. The standard InChI is InChI=1S/C28H46N6O2.4BrH.4H2O/c35-17-15-33-11-7-29-21-25-3-1-4-26(19-25)22-30-8-12-34(16-18-36)14-10-32-24-28-6-2-5-27(20-28)23-31-9-13-33;;;;;;;;/h1-6,19-20,29-32,35-36H,7-18,21-24H2;4*1H;4*1H2. The molecule has 44 heavy (non-hydrogen) atoms. The van der Waals surface area contributed by atoms with Crippen molar-refractivity contribution in [1.82, 2.24) is 9.80 Å². The number of aliphatic hydroxyl groups is 2. The van der Waals surface area contributed by atoms with E-state index < -0.39 is 0 Å². The zero-order chi connectivity index (χ0) is 25.3. The average molecular weight is 894 g/mol. The molecule has 0 radical (unpaired) electrons. The van der Waals surface area contributed by atoms with Crippen LogP contribution in [-0.2, 0) is 26.2 Å². The second-order valence-corrected chi connectivity index (χ2v) is 9.90. The van der Waals surface area contributed by atoms with E-state index in [-0.39, 0.29) is 103 Å². The van der Waals surface area contributed by atoms with E-state index >= 15 is 0 Å². The van der Waals surface area contributed by atoms with Gasteiger partial charge in [0.2, 0.25) is 0 Å². The van der Waals surface area contributed by atoms with Gasteiger partial charge < -0.3 is 121 Å². The molecule has 0 spiro atoms. The van der Waals surface area contributed by atoms with Crippen LogP contribution in [0.15, 0.2) is 48.5 Å². The Hall–Kier alpha value is -0.120. The van der Waals surface area contributed by atoms with Crippen molar-refractivity contribution >= 4 is 0 Å². The second kappa shape index (κ2) is 35.7. The Morgan fingerprint density at radius 3 is 0.955 bits per heavy atom. The van der Waals surface area contributed by atoms with Crippen LogP contribution in [0.1, 0.15) is 22.3 Å². The summed E-state index contributed by atoms with van der Waals surface area (Å²) in [5.41, 5.74) is 5.49. The van der Waals surface area contributed by atoms with E-state index in [1.807, 2.05) is 0 Å². The van der Waals surface area contributed by atoms with Gasteiger partial charge in [0.05, 0.1) is 39.4 Å². The van der Waals surface area contributed by atoms with Crippen LogP contribution in [0.25, 0.3) is 0 Å². The largest absolute Gasteiger partial charge is 1.00 e. The molecular formula is C28H58Br4N6O6. The summed E-state index contributed by atoms with van der Waals surface area (Å²) in [6.45, 7) is 14.0. The Morgan fingerprint density at radius 2 is 0.727 bits per heavy atom. The summed E-state index contributed by atoms with van der Waals surface area (Å²) in [6.07, 6.45) is 0. The molecule has 1 aliphatic rings. The zero-order valence-electron chi connectivity index (χ0n) is 25.5. The number of quaternary nitrogens is 4. The third kappa shape index (κ3) is 24.1. The van der Waals surface area contributed by atoms with Crippen molar-refractivity contribution in [3.8, 4) is 0 Å². The van der Waals surface area contributed by atoms with Gasteiger partial charge in [-0.2, -0.15) is 0 Å². The highest BCUT2D eigenvalue weighted by molar-refractivity contribution is 5.22. The Bertz CT molecular complexity index is 761. The number of aliphatic hydroxyl groups excluding tert-OH is 2. The molecule has 18 N–H and O–H groups in total. The number of hydrogen-bond acceptors (Lipinski definition) is 4. The van der Waals surface area contributed by atoms with Gasteiger partial charge in [0.15, 0.2) is 0 Å². The molecule has 2 aromatic rings. The van der Waals surface area contributed by atoms with E-state index in [0.29, 0.717) is 0 Å². The molecule has 2 aromatic carbocycles. The van der Waals surface area contributed by atoms with Crippen molar-refractivity contribution in [2.24, 2.45) is 0 Å². The lowest BCUT2D eigenvalue weighted by atomic mass is 10.1.